The van der Waals surface area contributed by atoms with Crippen LogP contribution in [0.2, 0.25) is 0 Å². The second-order valence-corrected chi connectivity index (χ2v) is 4.84. The molecule has 0 aliphatic rings. The van der Waals surface area contributed by atoms with Crippen molar-refractivity contribution in [2.75, 3.05) is 11.1 Å². The summed E-state index contributed by atoms with van der Waals surface area (Å²) in [7, 11) is 0. The zero-order valence-corrected chi connectivity index (χ0v) is 11.7. The van der Waals surface area contributed by atoms with Crippen molar-refractivity contribution in [1.82, 2.24) is 0 Å². The van der Waals surface area contributed by atoms with E-state index in [1.165, 1.54) is 12.1 Å². The Labute approximate surface area is 117 Å². The predicted octanol–water partition coefficient (Wildman–Crippen LogP) is 3.35. The van der Waals surface area contributed by atoms with Crippen LogP contribution in [0.5, 0.6) is 0 Å². The van der Waals surface area contributed by atoms with E-state index in [0.717, 1.165) is 17.1 Å². The van der Waals surface area contributed by atoms with Crippen molar-refractivity contribution in [3.63, 3.8) is 0 Å². The number of carboxylic acid groups (broad SMARTS) is 1. The molecule has 0 amide bonds. The van der Waals surface area contributed by atoms with E-state index >= 15 is 0 Å². The minimum absolute atomic E-state index is 0.0289. The number of hydrogen-bond donors (Lipinski definition) is 3. The van der Waals surface area contributed by atoms with Gasteiger partial charge in [0.2, 0.25) is 0 Å². The smallest absolute Gasteiger partial charge is 0.335 e. The molecule has 2 rings (SSSR count). The molecule has 0 saturated carbocycles. The molecule has 2 aromatic rings. The second-order valence-electron chi connectivity index (χ2n) is 4.84. The quantitative estimate of drug-likeness (QED) is 0.744. The van der Waals surface area contributed by atoms with Gasteiger partial charge in [0.25, 0.3) is 0 Å². The van der Waals surface area contributed by atoms with E-state index in [0.29, 0.717) is 11.4 Å². The molecule has 0 radical (unpaired) electrons. The molecule has 106 valence electrons. The molecule has 1 unspecified atom stereocenters. The monoisotopic (exact) mass is 274 g/mol. The van der Waals surface area contributed by atoms with E-state index in [-0.39, 0.29) is 11.6 Å². The normalized spacial score (nSPS) is 12.2. The Morgan fingerprint density at radius 1 is 1.35 bits per heavy atom. The number of furan rings is 1. The summed E-state index contributed by atoms with van der Waals surface area (Å²) in [6.45, 7) is 5.77. The summed E-state index contributed by atoms with van der Waals surface area (Å²) >= 11 is 0. The van der Waals surface area contributed by atoms with Gasteiger partial charge in [-0.1, -0.05) is 0 Å². The van der Waals surface area contributed by atoms with Crippen molar-refractivity contribution in [1.29, 1.82) is 0 Å². The number of nitrogens with two attached hydrogens (primary N) is 1. The van der Waals surface area contributed by atoms with Gasteiger partial charge in [0.1, 0.15) is 11.5 Å². The van der Waals surface area contributed by atoms with Crippen LogP contribution >= 0.6 is 0 Å². The summed E-state index contributed by atoms with van der Waals surface area (Å²) in [6, 6.07) is 6.55. The minimum atomic E-state index is -0.976. The number of nitrogens with one attached hydrogen (secondary N) is 1. The third-order valence-corrected chi connectivity index (χ3v) is 3.22. The Morgan fingerprint density at radius 2 is 2.05 bits per heavy atom. The molecule has 1 atom stereocenters. The van der Waals surface area contributed by atoms with Gasteiger partial charge in [-0.2, -0.15) is 0 Å². The maximum Gasteiger partial charge on any atom is 0.335 e. The maximum absolute atomic E-state index is 11.0. The molecule has 0 aliphatic carbocycles. The first-order valence-electron chi connectivity index (χ1n) is 6.34. The lowest BCUT2D eigenvalue weighted by molar-refractivity contribution is 0.0697. The SMILES string of the molecule is Cc1cc(C(C)Nc2cc(C(=O)O)ccc2N)c(C)o1. The van der Waals surface area contributed by atoms with Crippen LogP contribution in [0.3, 0.4) is 0 Å². The Bertz CT molecular complexity index is 647. The zero-order valence-electron chi connectivity index (χ0n) is 11.7. The van der Waals surface area contributed by atoms with E-state index in [1.807, 2.05) is 26.8 Å². The Hall–Kier alpha value is -2.43. The van der Waals surface area contributed by atoms with Gasteiger partial charge in [0.15, 0.2) is 0 Å². The highest BCUT2D eigenvalue weighted by atomic mass is 16.4. The van der Waals surface area contributed by atoms with Gasteiger partial charge < -0.3 is 20.6 Å². The fourth-order valence-electron chi connectivity index (χ4n) is 2.21. The van der Waals surface area contributed by atoms with Crippen LogP contribution < -0.4 is 11.1 Å². The predicted molar refractivity (Wildman–Crippen MR) is 78.0 cm³/mol. The number of hydrogen-bond acceptors (Lipinski definition) is 4. The molecule has 0 saturated heterocycles. The van der Waals surface area contributed by atoms with Crippen LogP contribution in [-0.4, -0.2) is 11.1 Å². The lowest BCUT2D eigenvalue weighted by Gasteiger charge is -2.16. The molecule has 5 nitrogen and oxygen atoms in total. The summed E-state index contributed by atoms with van der Waals surface area (Å²) < 4.78 is 5.50. The number of benzene rings is 1. The first-order valence-corrected chi connectivity index (χ1v) is 6.34. The number of aryl methyl sites for hydroxylation is 2. The first kappa shape index (κ1) is 14.0. The van der Waals surface area contributed by atoms with Crippen LogP contribution in [0.15, 0.2) is 28.7 Å². The van der Waals surface area contributed by atoms with E-state index in [1.54, 1.807) is 6.07 Å². The van der Waals surface area contributed by atoms with Crippen molar-refractivity contribution >= 4 is 17.3 Å². The summed E-state index contributed by atoms with van der Waals surface area (Å²) in [5.41, 5.74) is 8.23. The van der Waals surface area contributed by atoms with E-state index in [2.05, 4.69) is 5.32 Å². The number of rotatable bonds is 4. The average molecular weight is 274 g/mol. The van der Waals surface area contributed by atoms with Gasteiger partial charge in [0.05, 0.1) is 23.0 Å². The topological polar surface area (TPSA) is 88.5 Å². The van der Waals surface area contributed by atoms with Crippen LogP contribution in [0.25, 0.3) is 0 Å². The lowest BCUT2D eigenvalue weighted by atomic mass is 10.1. The van der Waals surface area contributed by atoms with Gasteiger partial charge >= 0.3 is 5.97 Å². The van der Waals surface area contributed by atoms with Crippen molar-refractivity contribution in [2.24, 2.45) is 0 Å². The highest BCUT2D eigenvalue weighted by Gasteiger charge is 2.14. The molecule has 1 aromatic carbocycles. The van der Waals surface area contributed by atoms with Crippen LogP contribution in [-0.2, 0) is 0 Å². The largest absolute Gasteiger partial charge is 0.478 e. The summed E-state index contributed by atoms with van der Waals surface area (Å²) in [5.74, 6) is 0.713. The molecule has 0 fully saturated rings. The molecular weight excluding hydrogens is 256 g/mol. The van der Waals surface area contributed by atoms with Crippen molar-refractivity contribution in [2.45, 2.75) is 26.8 Å². The molecule has 4 N–H and O–H groups in total. The molecule has 1 aromatic heterocycles. The lowest BCUT2D eigenvalue weighted by Crippen LogP contribution is -2.10. The highest BCUT2D eigenvalue weighted by molar-refractivity contribution is 5.90. The Kier molecular flexibility index (Phi) is 3.70. The number of aromatic carboxylic acids is 1. The van der Waals surface area contributed by atoms with Crippen LogP contribution in [0.1, 0.15) is 40.4 Å². The van der Waals surface area contributed by atoms with Crippen molar-refractivity contribution in [3.05, 3.63) is 46.9 Å². The fourth-order valence-corrected chi connectivity index (χ4v) is 2.21. The molecule has 20 heavy (non-hydrogen) atoms. The fraction of sp³-hybridized carbons (Fsp3) is 0.267. The van der Waals surface area contributed by atoms with Gasteiger partial charge in [-0.15, -0.1) is 0 Å². The molecule has 5 heteroatoms. The third kappa shape index (κ3) is 2.77. The van der Waals surface area contributed by atoms with Crippen LogP contribution in [0.4, 0.5) is 11.4 Å². The molecule has 0 bridgehead atoms. The van der Waals surface area contributed by atoms with Gasteiger partial charge in [0, 0.05) is 5.56 Å². The zero-order chi connectivity index (χ0) is 14.9. The Morgan fingerprint density at radius 3 is 2.60 bits per heavy atom. The van der Waals surface area contributed by atoms with Gasteiger partial charge in [-0.3, -0.25) is 0 Å². The van der Waals surface area contributed by atoms with Gasteiger partial charge in [-0.25, -0.2) is 4.79 Å². The standard InChI is InChI=1S/C15H18N2O3/c1-8-6-12(10(3)20-8)9(2)17-14-7-11(15(18)19)4-5-13(14)16/h4-7,9,17H,16H2,1-3H3,(H,18,19). The summed E-state index contributed by atoms with van der Waals surface area (Å²) in [6.07, 6.45) is 0. The van der Waals surface area contributed by atoms with Crippen molar-refractivity contribution in [3.8, 4) is 0 Å². The number of anilines is 2. The Balaban J connectivity index is 2.27. The van der Waals surface area contributed by atoms with E-state index in [9.17, 15) is 4.79 Å². The molecule has 1 heterocycles. The second kappa shape index (κ2) is 5.28. The van der Waals surface area contributed by atoms with Crippen molar-refractivity contribution < 1.29 is 14.3 Å². The first-order chi connectivity index (χ1) is 9.38. The molecule has 0 aliphatic heterocycles. The third-order valence-electron chi connectivity index (χ3n) is 3.22. The average Bonchev–Trinajstić information content (AvgIpc) is 2.71. The highest BCUT2D eigenvalue weighted by Crippen LogP contribution is 2.28. The van der Waals surface area contributed by atoms with Gasteiger partial charge in [-0.05, 0) is 45.0 Å². The number of nitrogen functional groups attached to an aromatic ring is 1. The minimum Gasteiger partial charge on any atom is -0.478 e. The maximum atomic E-state index is 11.0. The summed E-state index contributed by atoms with van der Waals surface area (Å²) in [4.78, 5) is 11.0. The molecule has 0 spiro atoms. The number of carbonyl (C=O) groups is 1. The van der Waals surface area contributed by atoms with E-state index < -0.39 is 5.97 Å². The van der Waals surface area contributed by atoms with Crippen LogP contribution in [0, 0.1) is 13.8 Å². The number of carboxylic acids is 1. The van der Waals surface area contributed by atoms with E-state index in [4.69, 9.17) is 15.3 Å². The summed E-state index contributed by atoms with van der Waals surface area (Å²) in [5, 5.41) is 12.2. The molecular formula is C15H18N2O3.